The summed E-state index contributed by atoms with van der Waals surface area (Å²) >= 11 is 0. The normalized spacial score (nSPS) is 18.7. The largest absolute Gasteiger partial charge is 0.488 e. The molecule has 2 aliphatic rings. The lowest BCUT2D eigenvalue weighted by Gasteiger charge is -2.33. The third-order valence-electron chi connectivity index (χ3n) is 5.99. The number of likely N-dealkylation sites (tertiary alicyclic amines) is 1. The lowest BCUT2D eigenvalue weighted by Crippen LogP contribution is -2.47. The van der Waals surface area contributed by atoms with Crippen molar-refractivity contribution in [3.05, 3.63) is 46.6 Å². The van der Waals surface area contributed by atoms with E-state index < -0.39 is 0 Å². The van der Waals surface area contributed by atoms with Gasteiger partial charge in [-0.05, 0) is 32.0 Å². The van der Waals surface area contributed by atoms with Crippen molar-refractivity contribution in [2.45, 2.75) is 18.9 Å². The van der Waals surface area contributed by atoms with Gasteiger partial charge in [-0.2, -0.15) is 5.10 Å². The molecule has 1 saturated heterocycles. The fourth-order valence-electron chi connectivity index (χ4n) is 4.28. The minimum atomic E-state index is -0.191. The summed E-state index contributed by atoms with van der Waals surface area (Å²) in [6.45, 7) is 2.53. The Morgan fingerprint density at radius 2 is 2.16 bits per heavy atom. The van der Waals surface area contributed by atoms with E-state index in [0.29, 0.717) is 48.5 Å². The first kappa shape index (κ1) is 19.6. The van der Waals surface area contributed by atoms with Crippen LogP contribution in [0.1, 0.15) is 23.2 Å². The van der Waals surface area contributed by atoms with Crippen molar-refractivity contribution in [3.63, 3.8) is 0 Å². The zero-order valence-corrected chi connectivity index (χ0v) is 17.6. The highest BCUT2D eigenvalue weighted by molar-refractivity contribution is 5.95. The highest BCUT2D eigenvalue weighted by atomic mass is 16.5. The number of rotatable bonds is 3. The molecule has 1 unspecified atom stereocenters. The number of piperidine rings is 1. The molecule has 1 fully saturated rings. The Labute approximate surface area is 179 Å². The summed E-state index contributed by atoms with van der Waals surface area (Å²) in [6.07, 6.45) is 5.39. The van der Waals surface area contributed by atoms with Crippen LogP contribution in [-0.4, -0.2) is 69.3 Å². The molecular weight excluding hydrogens is 398 g/mol. The average molecular weight is 423 g/mol. The first-order valence-electron chi connectivity index (χ1n) is 10.5. The molecular formula is C21H25N7O3. The van der Waals surface area contributed by atoms with Gasteiger partial charge in [0.1, 0.15) is 6.61 Å². The van der Waals surface area contributed by atoms with Gasteiger partial charge in [-0.25, -0.2) is 14.5 Å². The number of anilines is 2. The number of likely N-dealkylation sites (N-methyl/N-ethyl adjacent to an activating group) is 1. The topological polar surface area (TPSA) is 97.0 Å². The molecule has 10 nitrogen and oxygen atoms in total. The van der Waals surface area contributed by atoms with Crippen molar-refractivity contribution in [1.82, 2.24) is 29.4 Å². The van der Waals surface area contributed by atoms with Gasteiger partial charge >= 0.3 is 5.69 Å². The van der Waals surface area contributed by atoms with Gasteiger partial charge in [-0.1, -0.05) is 0 Å². The second kappa shape index (κ2) is 7.69. The minimum Gasteiger partial charge on any atom is -0.488 e. The van der Waals surface area contributed by atoms with Crippen LogP contribution in [0.5, 0.6) is 5.75 Å². The average Bonchev–Trinajstić information content (AvgIpc) is 3.10. The first-order chi connectivity index (χ1) is 15.0. The maximum absolute atomic E-state index is 13.0. The van der Waals surface area contributed by atoms with Crippen LogP contribution in [0, 0.1) is 0 Å². The standard InChI is InChI=1S/C21H25N7O3/c1-22-15-4-3-6-26(13-15)20(29)14-10-17-19(23-12-14)27(8-9-31-17)16-5-7-28-18(11-16)24-25(2)21(28)30/h5,7,10-12,15,22H,3-4,6,8-9,13H2,1-2H3. The molecule has 1 amide bonds. The Balaban J connectivity index is 1.44. The van der Waals surface area contributed by atoms with E-state index in [4.69, 9.17) is 4.74 Å². The Hall–Kier alpha value is -3.40. The molecule has 0 spiro atoms. The van der Waals surface area contributed by atoms with Crippen LogP contribution in [0.3, 0.4) is 0 Å². The molecule has 162 valence electrons. The summed E-state index contributed by atoms with van der Waals surface area (Å²) in [5, 5.41) is 7.52. The molecule has 31 heavy (non-hydrogen) atoms. The lowest BCUT2D eigenvalue weighted by atomic mass is 10.0. The molecule has 0 radical (unpaired) electrons. The van der Waals surface area contributed by atoms with E-state index in [9.17, 15) is 9.59 Å². The molecule has 5 rings (SSSR count). The first-order valence-corrected chi connectivity index (χ1v) is 10.5. The Kier molecular flexibility index (Phi) is 4.85. The number of hydrogen-bond donors (Lipinski definition) is 1. The smallest absolute Gasteiger partial charge is 0.350 e. The number of carbonyl (C=O) groups excluding carboxylic acids is 1. The van der Waals surface area contributed by atoms with Crippen LogP contribution < -0.4 is 20.6 Å². The highest BCUT2D eigenvalue weighted by Crippen LogP contribution is 2.35. The summed E-state index contributed by atoms with van der Waals surface area (Å²) in [5.41, 5.74) is 1.77. The third kappa shape index (κ3) is 3.42. The molecule has 3 aromatic heterocycles. The van der Waals surface area contributed by atoms with E-state index in [-0.39, 0.29) is 11.6 Å². The molecule has 0 aromatic carbocycles. The predicted molar refractivity (Wildman–Crippen MR) is 115 cm³/mol. The van der Waals surface area contributed by atoms with Crippen molar-refractivity contribution in [1.29, 1.82) is 0 Å². The maximum Gasteiger partial charge on any atom is 0.350 e. The van der Waals surface area contributed by atoms with Gasteiger partial charge in [0.15, 0.2) is 17.2 Å². The van der Waals surface area contributed by atoms with Crippen molar-refractivity contribution >= 4 is 23.1 Å². The summed E-state index contributed by atoms with van der Waals surface area (Å²) in [6, 6.07) is 5.81. The monoisotopic (exact) mass is 423 g/mol. The lowest BCUT2D eigenvalue weighted by molar-refractivity contribution is 0.0697. The number of aromatic nitrogens is 4. The molecule has 5 heterocycles. The molecule has 0 saturated carbocycles. The molecule has 3 aromatic rings. The molecule has 0 bridgehead atoms. The van der Waals surface area contributed by atoms with Crippen molar-refractivity contribution < 1.29 is 9.53 Å². The van der Waals surface area contributed by atoms with Gasteiger partial charge < -0.3 is 19.9 Å². The summed E-state index contributed by atoms with van der Waals surface area (Å²) in [7, 11) is 3.56. The van der Waals surface area contributed by atoms with Gasteiger partial charge in [0.2, 0.25) is 0 Å². The van der Waals surface area contributed by atoms with E-state index >= 15 is 0 Å². The quantitative estimate of drug-likeness (QED) is 0.665. The van der Waals surface area contributed by atoms with Crippen molar-refractivity contribution in [2.75, 3.05) is 38.2 Å². The zero-order valence-electron chi connectivity index (χ0n) is 17.6. The van der Waals surface area contributed by atoms with Gasteiger partial charge in [-0.3, -0.25) is 9.20 Å². The summed E-state index contributed by atoms with van der Waals surface area (Å²) in [5.74, 6) is 1.21. The van der Waals surface area contributed by atoms with Crippen molar-refractivity contribution in [3.8, 4) is 5.75 Å². The van der Waals surface area contributed by atoms with Gasteiger partial charge in [-0.15, -0.1) is 0 Å². The molecule has 10 heteroatoms. The zero-order chi connectivity index (χ0) is 21.5. The number of fused-ring (bicyclic) bond motifs is 2. The fraction of sp³-hybridized carbons (Fsp3) is 0.429. The van der Waals surface area contributed by atoms with E-state index in [1.165, 1.54) is 9.08 Å². The number of ether oxygens (including phenoxy) is 1. The number of aryl methyl sites for hydroxylation is 1. The molecule has 2 aliphatic heterocycles. The van der Waals surface area contributed by atoms with E-state index in [2.05, 4.69) is 15.4 Å². The fourth-order valence-corrected chi connectivity index (χ4v) is 4.28. The summed E-state index contributed by atoms with van der Waals surface area (Å²) < 4.78 is 8.65. The van der Waals surface area contributed by atoms with Crippen LogP contribution in [0.15, 0.2) is 35.4 Å². The van der Waals surface area contributed by atoms with Crippen LogP contribution in [0.4, 0.5) is 11.5 Å². The SMILES string of the molecule is CNC1CCCN(C(=O)c2cnc3c(c2)OCCN3c2ccn3c(=O)n(C)nc3c2)C1. The highest BCUT2D eigenvalue weighted by Gasteiger charge is 2.27. The van der Waals surface area contributed by atoms with Crippen LogP contribution in [-0.2, 0) is 7.05 Å². The van der Waals surface area contributed by atoms with Gasteiger partial charge in [0.05, 0.1) is 12.1 Å². The van der Waals surface area contributed by atoms with Crippen LogP contribution in [0.25, 0.3) is 5.65 Å². The predicted octanol–water partition coefficient (Wildman–Crippen LogP) is 0.783. The number of nitrogens with zero attached hydrogens (tertiary/aromatic N) is 6. The molecule has 0 aliphatic carbocycles. The Morgan fingerprint density at radius 3 is 3.00 bits per heavy atom. The number of pyridine rings is 2. The molecule has 1 atom stereocenters. The van der Waals surface area contributed by atoms with E-state index in [0.717, 1.165) is 25.1 Å². The third-order valence-corrected chi connectivity index (χ3v) is 5.99. The number of amides is 1. The second-order valence-corrected chi connectivity index (χ2v) is 7.94. The minimum absolute atomic E-state index is 0.0229. The van der Waals surface area contributed by atoms with Gasteiger partial charge in [0.25, 0.3) is 5.91 Å². The second-order valence-electron chi connectivity index (χ2n) is 7.94. The van der Waals surface area contributed by atoms with Crippen LogP contribution >= 0.6 is 0 Å². The summed E-state index contributed by atoms with van der Waals surface area (Å²) in [4.78, 5) is 33.6. The maximum atomic E-state index is 13.0. The number of hydrogen-bond acceptors (Lipinski definition) is 7. The molecule has 1 N–H and O–H groups in total. The van der Waals surface area contributed by atoms with Crippen molar-refractivity contribution in [2.24, 2.45) is 7.05 Å². The Morgan fingerprint density at radius 1 is 1.29 bits per heavy atom. The van der Waals surface area contributed by atoms with Gasteiger partial charge in [0, 0.05) is 50.3 Å². The van der Waals surface area contributed by atoms with E-state index in [1.807, 2.05) is 29.0 Å². The Bertz CT molecular complexity index is 1200. The number of nitrogens with one attached hydrogen (secondary N) is 1. The van der Waals surface area contributed by atoms with E-state index in [1.54, 1.807) is 25.5 Å². The number of carbonyl (C=O) groups is 1. The van der Waals surface area contributed by atoms with Crippen LogP contribution in [0.2, 0.25) is 0 Å².